The number of nitrogens with one attached hydrogen (secondary N) is 1. The van der Waals surface area contributed by atoms with Crippen molar-refractivity contribution in [3.8, 4) is 0 Å². The molecule has 2 aliphatic heterocycles. The fourth-order valence-electron chi connectivity index (χ4n) is 2.82. The average Bonchev–Trinajstić information content (AvgIpc) is 2.76. The Balaban J connectivity index is 1.71. The molecule has 0 unspecified atom stereocenters. The molecule has 2 heterocycles. The van der Waals surface area contributed by atoms with Gasteiger partial charge in [0, 0.05) is 0 Å². The third kappa shape index (κ3) is 3.22. The normalized spacial score (nSPS) is 23.9. The highest BCUT2D eigenvalue weighted by Gasteiger charge is 2.51. The summed E-state index contributed by atoms with van der Waals surface area (Å²) in [6, 6.07) is 7.58. The van der Waals surface area contributed by atoms with Gasteiger partial charge in [0.2, 0.25) is 0 Å². The molecule has 124 valence electrons. The monoisotopic (exact) mass is 318 g/mol. The van der Waals surface area contributed by atoms with Gasteiger partial charge in [-0.15, -0.1) is 0 Å². The van der Waals surface area contributed by atoms with Crippen LogP contribution in [-0.2, 0) is 14.0 Å². The Morgan fingerprint density at radius 1 is 1.00 bits per heavy atom. The van der Waals surface area contributed by atoms with Crippen LogP contribution in [0.2, 0.25) is 0 Å². The van der Waals surface area contributed by atoms with E-state index < -0.39 is 0 Å². The van der Waals surface area contributed by atoms with Gasteiger partial charge in [-0.2, -0.15) is 0 Å². The first kappa shape index (κ1) is 16.6. The van der Waals surface area contributed by atoms with Gasteiger partial charge in [0.25, 0.3) is 0 Å². The molecule has 2 fully saturated rings. The molecule has 3 rings (SSSR count). The molecule has 5 nitrogen and oxygen atoms in total. The summed E-state index contributed by atoms with van der Waals surface area (Å²) in [5, 5.41) is 0. The molecule has 1 amide bonds. The van der Waals surface area contributed by atoms with Crippen molar-refractivity contribution in [2.75, 3.05) is 26.3 Å². The first-order valence-electron chi connectivity index (χ1n) is 8.23. The van der Waals surface area contributed by atoms with Gasteiger partial charge in [-0.1, -0.05) is 12.1 Å². The molecule has 23 heavy (non-hydrogen) atoms. The summed E-state index contributed by atoms with van der Waals surface area (Å²) in [6.07, 6.45) is 0. The number of morpholine rings is 1. The fraction of sp³-hybridized carbons (Fsp3) is 0.588. The minimum absolute atomic E-state index is 0.133. The number of carbonyl (C=O) groups is 1. The molecule has 1 aromatic rings. The van der Waals surface area contributed by atoms with Crippen LogP contribution in [0.25, 0.3) is 0 Å². The van der Waals surface area contributed by atoms with E-state index in [1.807, 2.05) is 52.0 Å². The first-order chi connectivity index (χ1) is 10.8. The summed E-state index contributed by atoms with van der Waals surface area (Å²) >= 11 is 0. The molecule has 1 aromatic carbocycles. The highest BCUT2D eigenvalue weighted by Crippen LogP contribution is 2.36. The van der Waals surface area contributed by atoms with E-state index in [0.717, 1.165) is 29.0 Å². The fourth-order valence-corrected chi connectivity index (χ4v) is 2.82. The van der Waals surface area contributed by atoms with E-state index in [-0.39, 0.29) is 24.2 Å². The lowest BCUT2D eigenvalue weighted by Gasteiger charge is -2.32. The molecule has 0 bridgehead atoms. The Morgan fingerprint density at radius 3 is 2.04 bits per heavy atom. The zero-order valence-electron chi connectivity index (χ0n) is 14.3. The summed E-state index contributed by atoms with van der Waals surface area (Å²) in [5.74, 6) is 0.133. The predicted octanol–water partition coefficient (Wildman–Crippen LogP) is 0.0411. The van der Waals surface area contributed by atoms with Crippen LogP contribution < -0.4 is 10.4 Å². The van der Waals surface area contributed by atoms with Crippen molar-refractivity contribution >= 4 is 18.5 Å². The van der Waals surface area contributed by atoms with E-state index in [1.54, 1.807) is 0 Å². The van der Waals surface area contributed by atoms with Gasteiger partial charge < -0.3 is 14.0 Å². The van der Waals surface area contributed by atoms with Crippen molar-refractivity contribution in [3.63, 3.8) is 0 Å². The maximum absolute atomic E-state index is 12.5. The molecule has 2 aliphatic rings. The zero-order chi connectivity index (χ0) is 16.7. The lowest BCUT2D eigenvalue weighted by molar-refractivity contribution is -0.824. The Kier molecular flexibility index (Phi) is 4.36. The largest absolute Gasteiger partial charge is 0.494 e. The van der Waals surface area contributed by atoms with Crippen molar-refractivity contribution in [1.82, 2.24) is 0 Å². The topological polar surface area (TPSA) is 49.2 Å². The number of carbonyl (C=O) groups excluding carboxylic acids is 1. The summed E-state index contributed by atoms with van der Waals surface area (Å²) in [5.41, 5.74) is 0.952. The Morgan fingerprint density at radius 2 is 1.52 bits per heavy atom. The molecule has 1 N–H and O–H groups in total. The van der Waals surface area contributed by atoms with Crippen LogP contribution in [0.4, 0.5) is 0 Å². The summed E-state index contributed by atoms with van der Waals surface area (Å²) < 4.78 is 17.4. The molecule has 2 saturated heterocycles. The van der Waals surface area contributed by atoms with Crippen molar-refractivity contribution in [3.05, 3.63) is 29.8 Å². The Labute approximate surface area is 138 Å². The number of rotatable bonds is 2. The lowest BCUT2D eigenvalue weighted by atomic mass is 9.79. The van der Waals surface area contributed by atoms with Gasteiger partial charge in [0.1, 0.15) is 13.1 Å². The number of ether oxygens (including phenoxy) is 1. The maximum Gasteiger partial charge on any atom is 0.494 e. The SMILES string of the molecule is CC1(C)OB(c2ccc(C(=O)[NH+]3CCOCC3)cc2)OC1(C)C. The molecular weight excluding hydrogens is 293 g/mol. The number of hydrogen-bond acceptors (Lipinski definition) is 4. The van der Waals surface area contributed by atoms with Gasteiger partial charge in [0.05, 0.1) is 30.0 Å². The third-order valence-electron chi connectivity index (χ3n) is 5.12. The van der Waals surface area contributed by atoms with Gasteiger partial charge in [0.15, 0.2) is 0 Å². The van der Waals surface area contributed by atoms with E-state index in [4.69, 9.17) is 14.0 Å². The quantitative estimate of drug-likeness (QED) is 0.783. The number of hydrogen-bond donors (Lipinski definition) is 1. The van der Waals surface area contributed by atoms with E-state index in [1.165, 1.54) is 0 Å². The van der Waals surface area contributed by atoms with Crippen LogP contribution in [0.15, 0.2) is 24.3 Å². The van der Waals surface area contributed by atoms with E-state index in [0.29, 0.717) is 13.2 Å². The van der Waals surface area contributed by atoms with Crippen molar-refractivity contribution in [2.24, 2.45) is 0 Å². The second kappa shape index (κ2) is 6.02. The van der Waals surface area contributed by atoms with E-state index in [9.17, 15) is 4.79 Å². The van der Waals surface area contributed by atoms with Crippen LogP contribution in [0, 0.1) is 0 Å². The molecule has 0 radical (unpaired) electrons. The van der Waals surface area contributed by atoms with Crippen LogP contribution in [0.3, 0.4) is 0 Å². The summed E-state index contributed by atoms with van der Waals surface area (Å²) in [6.45, 7) is 10.9. The van der Waals surface area contributed by atoms with Gasteiger partial charge in [-0.25, -0.2) is 4.79 Å². The molecule has 0 saturated carbocycles. The minimum atomic E-state index is -0.389. The Bertz CT molecular complexity index is 563. The van der Waals surface area contributed by atoms with Crippen molar-refractivity contribution < 1.29 is 23.7 Å². The average molecular weight is 318 g/mol. The zero-order valence-corrected chi connectivity index (χ0v) is 14.3. The number of amides is 1. The van der Waals surface area contributed by atoms with Crippen LogP contribution in [0.5, 0.6) is 0 Å². The molecule has 6 heteroatoms. The van der Waals surface area contributed by atoms with Gasteiger partial charge >= 0.3 is 13.0 Å². The highest BCUT2D eigenvalue weighted by molar-refractivity contribution is 6.62. The minimum Gasteiger partial charge on any atom is -0.399 e. The van der Waals surface area contributed by atoms with Crippen LogP contribution in [-0.4, -0.2) is 50.5 Å². The number of benzene rings is 1. The third-order valence-corrected chi connectivity index (χ3v) is 5.12. The van der Waals surface area contributed by atoms with Gasteiger partial charge in [-0.3, -0.25) is 4.90 Å². The van der Waals surface area contributed by atoms with Crippen LogP contribution >= 0.6 is 0 Å². The molecule has 0 aromatic heterocycles. The maximum atomic E-state index is 12.5. The summed E-state index contributed by atoms with van der Waals surface area (Å²) in [4.78, 5) is 13.4. The van der Waals surface area contributed by atoms with E-state index >= 15 is 0 Å². The van der Waals surface area contributed by atoms with Gasteiger partial charge in [-0.05, 0) is 45.3 Å². The van der Waals surface area contributed by atoms with E-state index in [2.05, 4.69) is 0 Å². The predicted molar refractivity (Wildman–Crippen MR) is 88.0 cm³/mol. The second-order valence-corrected chi connectivity index (χ2v) is 7.26. The molecule has 0 atom stereocenters. The summed E-state index contributed by atoms with van der Waals surface area (Å²) in [7, 11) is -0.389. The standard InChI is InChI=1S/C17H24BNO4/c1-16(2)17(3,4)23-18(22-16)14-7-5-13(6-8-14)15(20)19-9-11-21-12-10-19/h5-8H,9-12H2,1-4H3/p+1. The highest BCUT2D eigenvalue weighted by atomic mass is 16.7. The Hall–Kier alpha value is -1.21. The molecule has 0 spiro atoms. The number of quaternary nitrogens is 1. The lowest BCUT2D eigenvalue weighted by Crippen LogP contribution is -3.16. The van der Waals surface area contributed by atoms with Crippen LogP contribution in [0.1, 0.15) is 38.1 Å². The van der Waals surface area contributed by atoms with Crippen molar-refractivity contribution in [2.45, 2.75) is 38.9 Å². The second-order valence-electron chi connectivity index (χ2n) is 7.26. The first-order valence-corrected chi connectivity index (χ1v) is 8.23. The molecular formula is C17H25BNO4+. The molecule has 0 aliphatic carbocycles. The van der Waals surface area contributed by atoms with Crippen molar-refractivity contribution in [1.29, 1.82) is 0 Å². The smallest absolute Gasteiger partial charge is 0.399 e.